The summed E-state index contributed by atoms with van der Waals surface area (Å²) in [7, 11) is -3.19. The molecule has 0 saturated carbocycles. The summed E-state index contributed by atoms with van der Waals surface area (Å²) in [5.41, 5.74) is 0. The van der Waals surface area contributed by atoms with Gasteiger partial charge in [0.05, 0.1) is 12.4 Å². The zero-order valence-corrected chi connectivity index (χ0v) is 11.5. The molecule has 0 radical (unpaired) electrons. The highest BCUT2D eigenvalue weighted by atomic mass is 32.2. The average Bonchev–Trinajstić information content (AvgIpc) is 2.29. The largest absolute Gasteiger partial charge is 0.478 e. The first-order chi connectivity index (χ1) is 8.57. The van der Waals surface area contributed by atoms with E-state index >= 15 is 0 Å². The molecule has 0 fully saturated rings. The van der Waals surface area contributed by atoms with E-state index in [0.29, 0.717) is 31.4 Å². The van der Waals surface area contributed by atoms with E-state index in [9.17, 15) is 8.42 Å². The first kappa shape index (κ1) is 14.7. The van der Waals surface area contributed by atoms with E-state index in [2.05, 4.69) is 15.0 Å². The van der Waals surface area contributed by atoms with Gasteiger partial charge in [0, 0.05) is 19.2 Å². The number of nitrogens with zero attached hydrogens (tertiary/aromatic N) is 1. The van der Waals surface area contributed by atoms with Crippen LogP contribution in [0.5, 0.6) is 5.88 Å². The van der Waals surface area contributed by atoms with E-state index in [-0.39, 0.29) is 5.75 Å². The van der Waals surface area contributed by atoms with Gasteiger partial charge in [0.2, 0.25) is 15.9 Å². The van der Waals surface area contributed by atoms with E-state index in [1.807, 2.05) is 6.92 Å². The Labute approximate surface area is 108 Å². The molecule has 102 valence electrons. The number of hydrogen-bond acceptors (Lipinski definition) is 5. The maximum atomic E-state index is 11.4. The van der Waals surface area contributed by atoms with Gasteiger partial charge in [-0.3, -0.25) is 0 Å². The molecule has 0 aliphatic rings. The highest BCUT2D eigenvalue weighted by Gasteiger charge is 2.07. The second-order valence-corrected chi connectivity index (χ2v) is 5.46. The monoisotopic (exact) mass is 273 g/mol. The number of ether oxygens (including phenoxy) is 1. The minimum Gasteiger partial charge on any atom is -0.478 e. The van der Waals surface area contributed by atoms with E-state index in [4.69, 9.17) is 4.74 Å². The van der Waals surface area contributed by atoms with E-state index in [1.54, 1.807) is 25.1 Å². The van der Waals surface area contributed by atoms with Crippen molar-refractivity contribution in [3.63, 3.8) is 0 Å². The topological polar surface area (TPSA) is 80.3 Å². The molecule has 2 N–H and O–H groups in total. The van der Waals surface area contributed by atoms with Gasteiger partial charge in [-0.15, -0.1) is 0 Å². The van der Waals surface area contributed by atoms with Crippen LogP contribution in [0.3, 0.4) is 0 Å². The standard InChI is InChI=1S/C11H19N3O3S/c1-3-13-18(15,16)9-8-12-10-6-5-7-11(14-10)17-4-2/h5-7,13H,3-4,8-9H2,1-2H3,(H,12,14). The van der Waals surface area contributed by atoms with E-state index in [0.717, 1.165) is 0 Å². The van der Waals surface area contributed by atoms with Crippen molar-refractivity contribution < 1.29 is 13.2 Å². The molecular weight excluding hydrogens is 254 g/mol. The van der Waals surface area contributed by atoms with Gasteiger partial charge in [-0.05, 0) is 13.0 Å². The van der Waals surface area contributed by atoms with Crippen LogP contribution in [0.15, 0.2) is 18.2 Å². The fourth-order valence-corrected chi connectivity index (χ4v) is 2.30. The number of pyridine rings is 1. The minimum atomic E-state index is -3.19. The third kappa shape index (κ3) is 5.33. The van der Waals surface area contributed by atoms with Crippen LogP contribution in [0.4, 0.5) is 5.82 Å². The SMILES string of the molecule is CCNS(=O)(=O)CCNc1cccc(OCC)n1. The summed E-state index contributed by atoms with van der Waals surface area (Å²) in [6, 6.07) is 5.32. The molecule has 0 aromatic carbocycles. The number of aromatic nitrogens is 1. The van der Waals surface area contributed by atoms with Crippen molar-refractivity contribution in [1.29, 1.82) is 0 Å². The molecule has 0 aliphatic heterocycles. The lowest BCUT2D eigenvalue weighted by atomic mass is 10.4. The smallest absolute Gasteiger partial charge is 0.215 e. The number of sulfonamides is 1. The van der Waals surface area contributed by atoms with Crippen molar-refractivity contribution >= 4 is 15.8 Å². The Kier molecular flexibility index (Phi) is 5.87. The van der Waals surface area contributed by atoms with Crippen molar-refractivity contribution in [2.45, 2.75) is 13.8 Å². The summed E-state index contributed by atoms with van der Waals surface area (Å²) in [5, 5.41) is 2.95. The Morgan fingerprint density at radius 2 is 2.11 bits per heavy atom. The molecule has 18 heavy (non-hydrogen) atoms. The summed E-state index contributed by atoms with van der Waals surface area (Å²) in [4.78, 5) is 4.18. The summed E-state index contributed by atoms with van der Waals surface area (Å²) in [5.74, 6) is 1.14. The van der Waals surface area contributed by atoms with Gasteiger partial charge in [-0.25, -0.2) is 13.1 Å². The molecule has 6 nitrogen and oxygen atoms in total. The van der Waals surface area contributed by atoms with Gasteiger partial charge in [-0.2, -0.15) is 4.98 Å². The zero-order chi connectivity index (χ0) is 13.4. The maximum absolute atomic E-state index is 11.4. The van der Waals surface area contributed by atoms with E-state index < -0.39 is 10.0 Å². The Morgan fingerprint density at radius 1 is 1.33 bits per heavy atom. The van der Waals surface area contributed by atoms with Gasteiger partial charge in [-0.1, -0.05) is 13.0 Å². The molecule has 0 aliphatic carbocycles. The normalized spacial score (nSPS) is 11.2. The van der Waals surface area contributed by atoms with Crippen LogP contribution in [-0.2, 0) is 10.0 Å². The van der Waals surface area contributed by atoms with Crippen LogP contribution in [0.25, 0.3) is 0 Å². The Bertz CT molecular complexity index is 462. The summed E-state index contributed by atoms with van der Waals surface area (Å²) in [6.45, 7) is 4.88. The average molecular weight is 273 g/mol. The molecule has 0 bridgehead atoms. The third-order valence-electron chi connectivity index (χ3n) is 2.06. The van der Waals surface area contributed by atoms with Crippen LogP contribution in [-0.4, -0.2) is 38.9 Å². The quantitative estimate of drug-likeness (QED) is 0.733. The Morgan fingerprint density at radius 3 is 2.78 bits per heavy atom. The second-order valence-electron chi connectivity index (χ2n) is 3.54. The predicted octanol–water partition coefficient (Wildman–Crippen LogP) is 0.831. The van der Waals surface area contributed by atoms with Crippen molar-refractivity contribution in [3.05, 3.63) is 18.2 Å². The number of hydrogen-bond donors (Lipinski definition) is 2. The van der Waals surface area contributed by atoms with Gasteiger partial charge in [0.1, 0.15) is 5.82 Å². The predicted molar refractivity (Wildman–Crippen MR) is 71.4 cm³/mol. The third-order valence-corrected chi connectivity index (χ3v) is 3.53. The zero-order valence-electron chi connectivity index (χ0n) is 10.6. The van der Waals surface area contributed by atoms with Gasteiger partial charge >= 0.3 is 0 Å². The van der Waals surface area contributed by atoms with Crippen LogP contribution in [0.1, 0.15) is 13.8 Å². The Hall–Kier alpha value is -1.34. The first-order valence-corrected chi connectivity index (χ1v) is 7.53. The van der Waals surface area contributed by atoms with Crippen LogP contribution < -0.4 is 14.8 Å². The van der Waals surface area contributed by atoms with Gasteiger partial charge < -0.3 is 10.1 Å². The number of rotatable bonds is 8. The van der Waals surface area contributed by atoms with Crippen LogP contribution in [0, 0.1) is 0 Å². The lowest BCUT2D eigenvalue weighted by molar-refractivity contribution is 0.327. The molecule has 1 rings (SSSR count). The molecule has 1 aromatic rings. The summed E-state index contributed by atoms with van der Waals surface area (Å²) >= 11 is 0. The van der Waals surface area contributed by atoms with Gasteiger partial charge in [0.15, 0.2) is 0 Å². The lowest BCUT2D eigenvalue weighted by Crippen LogP contribution is -2.29. The number of anilines is 1. The fourth-order valence-electron chi connectivity index (χ4n) is 1.35. The highest BCUT2D eigenvalue weighted by Crippen LogP contribution is 2.10. The highest BCUT2D eigenvalue weighted by molar-refractivity contribution is 7.89. The van der Waals surface area contributed by atoms with Crippen molar-refractivity contribution in [1.82, 2.24) is 9.71 Å². The van der Waals surface area contributed by atoms with Crippen molar-refractivity contribution in [3.8, 4) is 5.88 Å². The maximum Gasteiger partial charge on any atom is 0.215 e. The minimum absolute atomic E-state index is 0.0153. The summed E-state index contributed by atoms with van der Waals surface area (Å²) in [6.07, 6.45) is 0. The molecule has 0 spiro atoms. The lowest BCUT2D eigenvalue weighted by Gasteiger charge is -2.08. The first-order valence-electron chi connectivity index (χ1n) is 5.88. The molecule has 1 heterocycles. The van der Waals surface area contributed by atoms with Crippen LogP contribution >= 0.6 is 0 Å². The van der Waals surface area contributed by atoms with E-state index in [1.165, 1.54) is 0 Å². The summed E-state index contributed by atoms with van der Waals surface area (Å²) < 4.78 is 30.5. The van der Waals surface area contributed by atoms with Crippen LogP contribution in [0.2, 0.25) is 0 Å². The van der Waals surface area contributed by atoms with Crippen molar-refractivity contribution in [2.75, 3.05) is 30.8 Å². The Balaban J connectivity index is 2.46. The van der Waals surface area contributed by atoms with Crippen molar-refractivity contribution in [2.24, 2.45) is 0 Å². The molecule has 1 aromatic heterocycles. The van der Waals surface area contributed by atoms with Gasteiger partial charge in [0.25, 0.3) is 0 Å². The second kappa shape index (κ2) is 7.17. The molecular formula is C11H19N3O3S. The molecule has 0 atom stereocenters. The molecule has 0 saturated heterocycles. The number of nitrogens with one attached hydrogen (secondary N) is 2. The molecule has 0 amide bonds. The molecule has 7 heteroatoms. The molecule has 0 unspecified atom stereocenters. The fraction of sp³-hybridized carbons (Fsp3) is 0.545.